The molecule has 0 aromatic heterocycles. The van der Waals surface area contributed by atoms with Gasteiger partial charge in [0.1, 0.15) is 0 Å². The summed E-state index contributed by atoms with van der Waals surface area (Å²) < 4.78 is 0. The van der Waals surface area contributed by atoms with Crippen molar-refractivity contribution in [3.05, 3.63) is 0 Å². The maximum absolute atomic E-state index is 12.2. The van der Waals surface area contributed by atoms with E-state index in [1.165, 1.54) is 17.7 Å². The summed E-state index contributed by atoms with van der Waals surface area (Å²) in [6, 6.07) is 0.111. The molecule has 2 rings (SSSR count). The lowest BCUT2D eigenvalue weighted by Crippen LogP contribution is -2.48. The van der Waals surface area contributed by atoms with Gasteiger partial charge in [-0.1, -0.05) is 20.8 Å². The predicted octanol–water partition coefficient (Wildman–Crippen LogP) is 1.94. The molecule has 0 aromatic carbocycles. The normalized spacial score (nSPS) is 36.1. The Hall–Kier alpha value is -0.900. The second kappa shape index (κ2) is 6.04. The Labute approximate surface area is 115 Å². The summed E-state index contributed by atoms with van der Waals surface area (Å²) in [4.78, 5) is 25.4. The first kappa shape index (κ1) is 14.5. The van der Waals surface area contributed by atoms with Gasteiger partial charge in [-0.15, -0.1) is 0 Å². The molecule has 19 heavy (non-hydrogen) atoms. The third-order valence-electron chi connectivity index (χ3n) is 4.54. The molecule has 1 saturated carbocycles. The summed E-state index contributed by atoms with van der Waals surface area (Å²) in [7, 11) is 0. The van der Waals surface area contributed by atoms with Gasteiger partial charge in [-0.05, 0) is 37.5 Å². The minimum atomic E-state index is -0.278. The van der Waals surface area contributed by atoms with Gasteiger partial charge in [-0.2, -0.15) is 0 Å². The number of nitrogens with one attached hydrogen (secondary N) is 1. The van der Waals surface area contributed by atoms with Gasteiger partial charge in [0.25, 0.3) is 0 Å². The van der Waals surface area contributed by atoms with Gasteiger partial charge in [0.2, 0.25) is 11.8 Å². The van der Waals surface area contributed by atoms with Crippen molar-refractivity contribution in [2.75, 3.05) is 6.54 Å². The van der Waals surface area contributed by atoms with Crippen LogP contribution in [0.15, 0.2) is 0 Å². The maximum Gasteiger partial charge on any atom is 0.246 e. The molecule has 2 fully saturated rings. The molecule has 1 aliphatic carbocycles. The molecule has 0 spiro atoms. The van der Waals surface area contributed by atoms with E-state index < -0.39 is 0 Å². The van der Waals surface area contributed by atoms with Crippen LogP contribution in [0.3, 0.4) is 0 Å². The van der Waals surface area contributed by atoms with Crippen LogP contribution in [0.5, 0.6) is 0 Å². The van der Waals surface area contributed by atoms with Crippen LogP contribution in [0.1, 0.15) is 52.9 Å². The topological polar surface area (TPSA) is 49.4 Å². The number of imide groups is 1. The highest BCUT2D eigenvalue weighted by molar-refractivity contribution is 6.05. The summed E-state index contributed by atoms with van der Waals surface area (Å²) in [6.07, 6.45) is 4.73. The molecule has 2 amide bonds. The highest BCUT2D eigenvalue weighted by atomic mass is 16.2. The second-order valence-electron chi connectivity index (χ2n) is 6.31. The Bertz CT molecular complexity index is 356. The molecule has 0 aromatic rings. The smallest absolute Gasteiger partial charge is 0.246 e. The standard InChI is InChI=1S/C15H26N2O2/c1-4-7-17-14(18)9-13(15(17)19)16-12-6-5-10(2)8-11(12)3/h10-13,16H,4-9H2,1-3H3. The molecule has 4 heteroatoms. The molecule has 108 valence electrons. The van der Waals surface area contributed by atoms with Crippen LogP contribution < -0.4 is 5.32 Å². The number of hydrogen-bond donors (Lipinski definition) is 1. The van der Waals surface area contributed by atoms with Gasteiger partial charge in [0.15, 0.2) is 0 Å². The second-order valence-corrected chi connectivity index (χ2v) is 6.31. The fraction of sp³-hybridized carbons (Fsp3) is 0.867. The minimum Gasteiger partial charge on any atom is -0.302 e. The highest BCUT2D eigenvalue weighted by Gasteiger charge is 2.40. The Morgan fingerprint density at radius 1 is 1.26 bits per heavy atom. The van der Waals surface area contributed by atoms with Crippen LogP contribution >= 0.6 is 0 Å². The quantitative estimate of drug-likeness (QED) is 0.791. The average molecular weight is 266 g/mol. The molecule has 4 atom stereocenters. The zero-order valence-electron chi connectivity index (χ0n) is 12.3. The van der Waals surface area contributed by atoms with Gasteiger partial charge in [0.05, 0.1) is 12.5 Å². The Kier molecular flexibility index (Phi) is 4.61. The van der Waals surface area contributed by atoms with E-state index in [1.54, 1.807) is 0 Å². The van der Waals surface area contributed by atoms with E-state index >= 15 is 0 Å². The van der Waals surface area contributed by atoms with Gasteiger partial charge < -0.3 is 5.32 Å². The highest BCUT2D eigenvalue weighted by Crippen LogP contribution is 2.29. The van der Waals surface area contributed by atoms with Crippen molar-refractivity contribution in [2.24, 2.45) is 11.8 Å². The van der Waals surface area contributed by atoms with E-state index in [9.17, 15) is 9.59 Å². The molecule has 0 radical (unpaired) electrons. The monoisotopic (exact) mass is 266 g/mol. The Balaban J connectivity index is 1.93. The molecule has 4 unspecified atom stereocenters. The van der Waals surface area contributed by atoms with Crippen LogP contribution in [0.25, 0.3) is 0 Å². The van der Waals surface area contributed by atoms with Crippen molar-refractivity contribution in [3.8, 4) is 0 Å². The first-order valence-electron chi connectivity index (χ1n) is 7.63. The van der Waals surface area contributed by atoms with Gasteiger partial charge in [-0.3, -0.25) is 14.5 Å². The van der Waals surface area contributed by atoms with Crippen molar-refractivity contribution >= 4 is 11.8 Å². The van der Waals surface area contributed by atoms with E-state index in [0.717, 1.165) is 18.8 Å². The van der Waals surface area contributed by atoms with E-state index in [-0.39, 0.29) is 17.9 Å². The summed E-state index contributed by atoms with van der Waals surface area (Å²) in [5.74, 6) is 1.34. The molecule has 1 N–H and O–H groups in total. The van der Waals surface area contributed by atoms with Crippen LogP contribution in [-0.4, -0.2) is 35.3 Å². The van der Waals surface area contributed by atoms with Crippen molar-refractivity contribution < 1.29 is 9.59 Å². The van der Waals surface area contributed by atoms with Gasteiger partial charge in [-0.25, -0.2) is 0 Å². The van der Waals surface area contributed by atoms with Crippen molar-refractivity contribution in [1.82, 2.24) is 10.2 Å². The SMILES string of the molecule is CCCN1C(=O)CC(NC2CCC(C)CC2C)C1=O. The third-order valence-corrected chi connectivity index (χ3v) is 4.54. The molecule has 1 aliphatic heterocycles. The predicted molar refractivity (Wildman–Crippen MR) is 74.5 cm³/mol. The number of carbonyl (C=O) groups is 2. The van der Waals surface area contributed by atoms with E-state index in [1.807, 2.05) is 6.92 Å². The maximum atomic E-state index is 12.2. The van der Waals surface area contributed by atoms with Crippen LogP contribution in [0.2, 0.25) is 0 Å². The lowest BCUT2D eigenvalue weighted by Gasteiger charge is -2.34. The average Bonchev–Trinajstić information content (AvgIpc) is 2.61. The fourth-order valence-corrected chi connectivity index (χ4v) is 3.44. The third kappa shape index (κ3) is 3.16. The first-order valence-corrected chi connectivity index (χ1v) is 7.63. The van der Waals surface area contributed by atoms with Crippen LogP contribution in [0, 0.1) is 11.8 Å². The summed E-state index contributed by atoms with van der Waals surface area (Å²) in [6.45, 7) is 7.09. The lowest BCUT2D eigenvalue weighted by atomic mass is 9.79. The number of carbonyl (C=O) groups excluding carboxylic acids is 2. The lowest BCUT2D eigenvalue weighted by molar-refractivity contribution is -0.138. The molecule has 1 heterocycles. The summed E-state index contributed by atoms with van der Waals surface area (Å²) >= 11 is 0. The molecule has 2 aliphatic rings. The summed E-state index contributed by atoms with van der Waals surface area (Å²) in [5.41, 5.74) is 0. The Morgan fingerprint density at radius 2 is 2.00 bits per heavy atom. The first-order chi connectivity index (χ1) is 9.02. The number of amides is 2. The van der Waals surface area contributed by atoms with Crippen molar-refractivity contribution in [2.45, 2.75) is 65.0 Å². The molecule has 1 saturated heterocycles. The Morgan fingerprint density at radius 3 is 2.63 bits per heavy atom. The van der Waals surface area contributed by atoms with Crippen molar-refractivity contribution in [3.63, 3.8) is 0 Å². The van der Waals surface area contributed by atoms with E-state index in [0.29, 0.717) is 24.9 Å². The zero-order valence-corrected chi connectivity index (χ0v) is 12.3. The molecular weight excluding hydrogens is 240 g/mol. The number of rotatable bonds is 4. The van der Waals surface area contributed by atoms with Crippen LogP contribution in [-0.2, 0) is 9.59 Å². The number of likely N-dealkylation sites (tertiary alicyclic amines) is 1. The van der Waals surface area contributed by atoms with E-state index in [4.69, 9.17) is 0 Å². The molecule has 4 nitrogen and oxygen atoms in total. The van der Waals surface area contributed by atoms with Gasteiger partial charge in [0, 0.05) is 12.6 Å². The van der Waals surface area contributed by atoms with Gasteiger partial charge >= 0.3 is 0 Å². The zero-order chi connectivity index (χ0) is 14.0. The summed E-state index contributed by atoms with van der Waals surface area (Å²) in [5, 5.41) is 3.44. The van der Waals surface area contributed by atoms with Crippen LogP contribution in [0.4, 0.5) is 0 Å². The van der Waals surface area contributed by atoms with E-state index in [2.05, 4.69) is 19.2 Å². The largest absolute Gasteiger partial charge is 0.302 e. The van der Waals surface area contributed by atoms with Crippen molar-refractivity contribution in [1.29, 1.82) is 0 Å². The molecular formula is C15H26N2O2. The fourth-order valence-electron chi connectivity index (χ4n) is 3.44. The molecule has 0 bridgehead atoms. The minimum absolute atomic E-state index is 0.0128. The number of nitrogens with zero attached hydrogens (tertiary/aromatic N) is 1. The number of hydrogen-bond acceptors (Lipinski definition) is 3.